The lowest BCUT2D eigenvalue weighted by molar-refractivity contribution is -0.135. The lowest BCUT2D eigenvalue weighted by Gasteiger charge is -2.38. The van der Waals surface area contributed by atoms with Crippen molar-refractivity contribution in [3.05, 3.63) is 35.9 Å². The van der Waals surface area contributed by atoms with E-state index in [4.69, 9.17) is 0 Å². The van der Waals surface area contributed by atoms with Gasteiger partial charge in [-0.3, -0.25) is 4.79 Å². The third kappa shape index (κ3) is 2.99. The summed E-state index contributed by atoms with van der Waals surface area (Å²) in [7, 11) is 0. The van der Waals surface area contributed by atoms with E-state index in [2.05, 4.69) is 29.6 Å². The highest BCUT2D eigenvalue weighted by molar-refractivity contribution is 5.84. The van der Waals surface area contributed by atoms with Crippen LogP contribution in [0.25, 0.3) is 0 Å². The lowest BCUT2D eigenvalue weighted by atomic mass is 9.68. The van der Waals surface area contributed by atoms with Crippen molar-refractivity contribution in [1.82, 2.24) is 5.32 Å². The van der Waals surface area contributed by atoms with E-state index in [1.54, 1.807) is 0 Å². The highest BCUT2D eigenvalue weighted by atomic mass is 16.3. The van der Waals surface area contributed by atoms with Gasteiger partial charge in [-0.25, -0.2) is 0 Å². The zero-order valence-electron chi connectivity index (χ0n) is 14.4. The first-order valence-corrected chi connectivity index (χ1v) is 9.67. The molecule has 4 atom stereocenters. The standard InChI is InChI=1S/C21H29NO2/c23-11-10-19(17-7-8-17)22-20(24)21(13-15-4-2-1-3-5-15)14-16-6-9-18(21)12-16/h1-5,16-19,23H,6-14H2,(H,22,24). The molecule has 3 saturated carbocycles. The summed E-state index contributed by atoms with van der Waals surface area (Å²) >= 11 is 0. The van der Waals surface area contributed by atoms with E-state index in [1.807, 2.05) is 6.07 Å². The van der Waals surface area contributed by atoms with Crippen LogP contribution in [0.4, 0.5) is 0 Å². The maximum absolute atomic E-state index is 13.4. The second kappa shape index (κ2) is 6.51. The zero-order valence-corrected chi connectivity index (χ0v) is 14.4. The first-order valence-electron chi connectivity index (χ1n) is 9.67. The van der Waals surface area contributed by atoms with Crippen LogP contribution in [0.1, 0.15) is 50.5 Å². The molecule has 0 saturated heterocycles. The number of aliphatic hydroxyl groups is 1. The largest absolute Gasteiger partial charge is 0.396 e. The van der Waals surface area contributed by atoms with Gasteiger partial charge in [-0.1, -0.05) is 36.8 Å². The van der Waals surface area contributed by atoms with Crippen molar-refractivity contribution in [3.63, 3.8) is 0 Å². The van der Waals surface area contributed by atoms with Gasteiger partial charge < -0.3 is 10.4 Å². The Morgan fingerprint density at radius 2 is 2.00 bits per heavy atom. The molecule has 2 N–H and O–H groups in total. The summed E-state index contributed by atoms with van der Waals surface area (Å²) < 4.78 is 0. The normalized spacial score (nSPS) is 32.7. The first-order chi connectivity index (χ1) is 11.7. The van der Waals surface area contributed by atoms with Crippen LogP contribution in [0.15, 0.2) is 30.3 Å². The van der Waals surface area contributed by atoms with Crippen molar-refractivity contribution in [2.75, 3.05) is 6.61 Å². The number of carbonyl (C=O) groups is 1. The molecule has 3 nitrogen and oxygen atoms in total. The fourth-order valence-electron chi connectivity index (χ4n) is 5.35. The Morgan fingerprint density at radius 1 is 1.21 bits per heavy atom. The molecule has 3 heteroatoms. The number of aliphatic hydroxyl groups excluding tert-OH is 1. The number of carbonyl (C=O) groups excluding carboxylic acids is 1. The summed E-state index contributed by atoms with van der Waals surface area (Å²) in [5.41, 5.74) is 1.07. The number of fused-ring (bicyclic) bond motifs is 2. The fraction of sp³-hybridized carbons (Fsp3) is 0.667. The van der Waals surface area contributed by atoms with Crippen LogP contribution < -0.4 is 5.32 Å². The summed E-state index contributed by atoms with van der Waals surface area (Å²) in [6, 6.07) is 10.7. The molecule has 1 amide bonds. The molecule has 0 aromatic heterocycles. The minimum absolute atomic E-state index is 0.166. The van der Waals surface area contributed by atoms with Crippen LogP contribution in [0.2, 0.25) is 0 Å². The van der Waals surface area contributed by atoms with E-state index < -0.39 is 0 Å². The summed E-state index contributed by atoms with van der Waals surface area (Å²) in [4.78, 5) is 13.4. The van der Waals surface area contributed by atoms with E-state index in [-0.39, 0.29) is 24.0 Å². The topological polar surface area (TPSA) is 49.3 Å². The number of nitrogens with one attached hydrogen (secondary N) is 1. The molecular formula is C21H29NO2. The van der Waals surface area contributed by atoms with Crippen molar-refractivity contribution in [3.8, 4) is 0 Å². The highest BCUT2D eigenvalue weighted by Crippen LogP contribution is 2.57. The van der Waals surface area contributed by atoms with E-state index >= 15 is 0 Å². The van der Waals surface area contributed by atoms with Crippen molar-refractivity contribution >= 4 is 5.91 Å². The number of rotatable bonds is 7. The minimum Gasteiger partial charge on any atom is -0.396 e. The Hall–Kier alpha value is -1.35. The average Bonchev–Trinajstić information content (AvgIpc) is 3.25. The number of amides is 1. The maximum Gasteiger partial charge on any atom is 0.227 e. The number of hydrogen-bond acceptors (Lipinski definition) is 2. The van der Waals surface area contributed by atoms with Gasteiger partial charge in [0.15, 0.2) is 0 Å². The molecular weight excluding hydrogens is 298 g/mol. The molecule has 0 aliphatic heterocycles. The molecule has 4 unspecified atom stereocenters. The fourth-order valence-corrected chi connectivity index (χ4v) is 5.35. The van der Waals surface area contributed by atoms with Crippen LogP contribution in [0, 0.1) is 23.2 Å². The Bertz CT molecular complexity index is 583. The van der Waals surface area contributed by atoms with Gasteiger partial charge in [0.2, 0.25) is 5.91 Å². The lowest BCUT2D eigenvalue weighted by Crippen LogP contribution is -2.50. The monoisotopic (exact) mass is 327 g/mol. The van der Waals surface area contributed by atoms with Crippen molar-refractivity contribution < 1.29 is 9.90 Å². The van der Waals surface area contributed by atoms with Gasteiger partial charge in [0.1, 0.15) is 0 Å². The predicted molar refractivity (Wildman–Crippen MR) is 94.4 cm³/mol. The Kier molecular flexibility index (Phi) is 4.38. The van der Waals surface area contributed by atoms with Gasteiger partial charge in [0.05, 0.1) is 5.41 Å². The van der Waals surface area contributed by atoms with Gasteiger partial charge in [-0.15, -0.1) is 0 Å². The van der Waals surface area contributed by atoms with E-state index in [0.29, 0.717) is 18.3 Å². The van der Waals surface area contributed by atoms with Gasteiger partial charge in [0, 0.05) is 12.6 Å². The van der Waals surface area contributed by atoms with Crippen LogP contribution >= 0.6 is 0 Å². The second-order valence-electron chi connectivity index (χ2n) is 8.33. The highest BCUT2D eigenvalue weighted by Gasteiger charge is 2.55. The summed E-state index contributed by atoms with van der Waals surface area (Å²) in [6.45, 7) is 0.166. The molecule has 0 heterocycles. The van der Waals surface area contributed by atoms with Crippen LogP contribution in [0.5, 0.6) is 0 Å². The van der Waals surface area contributed by atoms with Crippen molar-refractivity contribution in [2.24, 2.45) is 23.2 Å². The molecule has 3 aliphatic rings. The molecule has 3 fully saturated rings. The van der Waals surface area contributed by atoms with E-state index in [0.717, 1.165) is 18.8 Å². The zero-order chi connectivity index (χ0) is 16.6. The van der Waals surface area contributed by atoms with Gasteiger partial charge in [-0.2, -0.15) is 0 Å². The van der Waals surface area contributed by atoms with Crippen LogP contribution in [0.3, 0.4) is 0 Å². The van der Waals surface area contributed by atoms with Crippen LogP contribution in [-0.4, -0.2) is 23.7 Å². The third-order valence-electron chi connectivity index (χ3n) is 6.74. The van der Waals surface area contributed by atoms with E-state index in [9.17, 15) is 9.90 Å². The molecule has 1 aromatic carbocycles. The quantitative estimate of drug-likeness (QED) is 0.807. The van der Waals surface area contributed by atoms with Crippen molar-refractivity contribution in [1.29, 1.82) is 0 Å². The number of hydrogen-bond donors (Lipinski definition) is 2. The number of benzene rings is 1. The smallest absolute Gasteiger partial charge is 0.227 e. The first kappa shape index (κ1) is 16.1. The maximum atomic E-state index is 13.4. The molecule has 4 rings (SSSR count). The minimum atomic E-state index is -0.215. The third-order valence-corrected chi connectivity index (χ3v) is 6.74. The second-order valence-corrected chi connectivity index (χ2v) is 8.33. The molecule has 3 aliphatic carbocycles. The van der Waals surface area contributed by atoms with Gasteiger partial charge >= 0.3 is 0 Å². The summed E-state index contributed by atoms with van der Waals surface area (Å²) in [6.07, 6.45) is 8.76. The molecule has 2 bridgehead atoms. The average molecular weight is 327 g/mol. The molecule has 0 spiro atoms. The van der Waals surface area contributed by atoms with Gasteiger partial charge in [0.25, 0.3) is 0 Å². The van der Waals surface area contributed by atoms with Gasteiger partial charge in [-0.05, 0) is 68.3 Å². The predicted octanol–water partition coefficient (Wildman–Crippen LogP) is 3.31. The molecule has 0 radical (unpaired) electrons. The summed E-state index contributed by atoms with van der Waals surface area (Å²) in [5, 5.41) is 12.7. The molecule has 130 valence electrons. The van der Waals surface area contributed by atoms with Crippen LogP contribution in [-0.2, 0) is 11.2 Å². The Morgan fingerprint density at radius 3 is 2.58 bits per heavy atom. The summed E-state index contributed by atoms with van der Waals surface area (Å²) in [5.74, 6) is 2.13. The Balaban J connectivity index is 1.55. The Labute approximate surface area is 144 Å². The van der Waals surface area contributed by atoms with Crippen molar-refractivity contribution in [2.45, 2.75) is 57.4 Å². The molecule has 24 heavy (non-hydrogen) atoms. The van der Waals surface area contributed by atoms with E-state index in [1.165, 1.54) is 37.7 Å². The SMILES string of the molecule is O=C(NC(CCO)C1CC1)C1(Cc2ccccc2)CC2CCC1C2. The molecule has 1 aromatic rings.